The summed E-state index contributed by atoms with van der Waals surface area (Å²) >= 11 is 5.92. The van der Waals surface area contributed by atoms with Gasteiger partial charge in [-0.2, -0.15) is 0 Å². The van der Waals surface area contributed by atoms with Crippen molar-refractivity contribution in [2.45, 2.75) is 6.54 Å². The fourth-order valence-electron chi connectivity index (χ4n) is 1.85. The van der Waals surface area contributed by atoms with Gasteiger partial charge in [-0.1, -0.05) is 17.7 Å². The van der Waals surface area contributed by atoms with Crippen LogP contribution in [0, 0.1) is 0 Å². The molecule has 5 nitrogen and oxygen atoms in total. The van der Waals surface area contributed by atoms with Gasteiger partial charge in [0.2, 0.25) is 0 Å². The summed E-state index contributed by atoms with van der Waals surface area (Å²) in [5, 5.41) is 18.0. The smallest absolute Gasteiger partial charge is 0.337 e. The van der Waals surface area contributed by atoms with Crippen LogP contribution in [-0.4, -0.2) is 27.4 Å². The lowest BCUT2D eigenvalue weighted by atomic mass is 10.1. The minimum atomic E-state index is -1.09. The topological polar surface area (TPSA) is 79.5 Å². The number of carboxylic acids is 1. The number of pyridine rings is 1. The number of carboxylic acid groups (broad SMARTS) is 1. The predicted octanol–water partition coefficient (Wildman–Crippen LogP) is 1.86. The number of rotatable bonds is 4. The van der Waals surface area contributed by atoms with Crippen molar-refractivity contribution in [3.8, 4) is 11.1 Å². The zero-order chi connectivity index (χ0) is 14.7. The molecule has 1 aromatic carbocycles. The molecule has 0 spiro atoms. The van der Waals surface area contributed by atoms with E-state index in [0.717, 1.165) is 5.56 Å². The lowest BCUT2D eigenvalue weighted by Gasteiger charge is -2.08. The van der Waals surface area contributed by atoms with Gasteiger partial charge in [0, 0.05) is 18.8 Å². The standard InChI is InChI=1S/C14H12ClNO4/c15-12-7-9(1-3-11(12)14(19)20)10-2-4-13(18)16(8-10)5-6-17/h1-4,7-8,17H,5-6H2,(H,19,20). The summed E-state index contributed by atoms with van der Waals surface area (Å²) in [5.74, 6) is -1.09. The summed E-state index contributed by atoms with van der Waals surface area (Å²) in [5.41, 5.74) is 1.23. The lowest BCUT2D eigenvalue weighted by molar-refractivity contribution is 0.0697. The molecule has 0 amide bonds. The van der Waals surface area contributed by atoms with Gasteiger partial charge in [0.25, 0.3) is 5.56 Å². The summed E-state index contributed by atoms with van der Waals surface area (Å²) in [6.45, 7) is 0.0652. The van der Waals surface area contributed by atoms with Gasteiger partial charge >= 0.3 is 5.97 Å². The van der Waals surface area contributed by atoms with Crippen LogP contribution in [0.5, 0.6) is 0 Å². The number of nitrogens with zero attached hydrogens (tertiary/aromatic N) is 1. The molecule has 0 unspecified atom stereocenters. The Morgan fingerprint density at radius 1 is 1.20 bits per heavy atom. The Morgan fingerprint density at radius 2 is 1.90 bits per heavy atom. The molecule has 0 radical (unpaired) electrons. The Morgan fingerprint density at radius 3 is 2.50 bits per heavy atom. The second kappa shape index (κ2) is 5.90. The van der Waals surface area contributed by atoms with E-state index >= 15 is 0 Å². The SMILES string of the molecule is O=C(O)c1ccc(-c2ccc(=O)n(CCO)c2)cc1Cl. The number of aliphatic hydroxyl groups excluding tert-OH is 1. The molecular formula is C14H12ClNO4. The molecule has 0 aliphatic carbocycles. The van der Waals surface area contributed by atoms with Crippen molar-refractivity contribution in [2.75, 3.05) is 6.61 Å². The molecule has 2 rings (SSSR count). The van der Waals surface area contributed by atoms with Crippen molar-refractivity contribution >= 4 is 17.6 Å². The Balaban J connectivity index is 2.46. The Bertz CT molecular complexity index is 709. The van der Waals surface area contributed by atoms with Crippen molar-refractivity contribution < 1.29 is 15.0 Å². The quantitative estimate of drug-likeness (QED) is 0.902. The van der Waals surface area contributed by atoms with E-state index in [-0.39, 0.29) is 29.3 Å². The van der Waals surface area contributed by atoms with Gasteiger partial charge in [0.1, 0.15) is 0 Å². The number of aliphatic hydroxyl groups is 1. The maximum Gasteiger partial charge on any atom is 0.337 e. The lowest BCUT2D eigenvalue weighted by Crippen LogP contribution is -2.20. The van der Waals surface area contributed by atoms with Crippen molar-refractivity contribution in [1.82, 2.24) is 4.57 Å². The van der Waals surface area contributed by atoms with Gasteiger partial charge in [0.15, 0.2) is 0 Å². The van der Waals surface area contributed by atoms with E-state index in [2.05, 4.69) is 0 Å². The van der Waals surface area contributed by atoms with Crippen molar-refractivity contribution in [3.63, 3.8) is 0 Å². The zero-order valence-electron chi connectivity index (χ0n) is 10.4. The van der Waals surface area contributed by atoms with Crippen LogP contribution in [-0.2, 0) is 6.54 Å². The largest absolute Gasteiger partial charge is 0.478 e. The molecule has 0 atom stereocenters. The molecule has 0 aliphatic rings. The third-order valence-electron chi connectivity index (χ3n) is 2.86. The fourth-order valence-corrected chi connectivity index (χ4v) is 2.11. The molecule has 1 heterocycles. The molecule has 104 valence electrons. The van der Waals surface area contributed by atoms with Crippen molar-refractivity contribution in [1.29, 1.82) is 0 Å². The van der Waals surface area contributed by atoms with E-state index < -0.39 is 5.97 Å². The first-order valence-electron chi connectivity index (χ1n) is 5.87. The molecule has 1 aromatic heterocycles. The molecule has 0 aliphatic heterocycles. The third-order valence-corrected chi connectivity index (χ3v) is 3.17. The second-order valence-electron chi connectivity index (χ2n) is 4.17. The van der Waals surface area contributed by atoms with E-state index in [1.807, 2.05) is 0 Å². The Hall–Kier alpha value is -2.11. The third kappa shape index (κ3) is 2.89. The van der Waals surface area contributed by atoms with Crippen LogP contribution < -0.4 is 5.56 Å². The highest BCUT2D eigenvalue weighted by Crippen LogP contribution is 2.25. The normalized spacial score (nSPS) is 10.5. The molecule has 2 N–H and O–H groups in total. The van der Waals surface area contributed by atoms with Crippen LogP contribution in [0.2, 0.25) is 5.02 Å². The summed E-state index contributed by atoms with van der Waals surface area (Å²) < 4.78 is 1.38. The minimum Gasteiger partial charge on any atom is -0.478 e. The zero-order valence-corrected chi connectivity index (χ0v) is 11.2. The molecule has 6 heteroatoms. The fraction of sp³-hybridized carbons (Fsp3) is 0.143. The number of benzene rings is 1. The molecule has 0 fully saturated rings. The molecular weight excluding hydrogens is 282 g/mol. The molecule has 0 bridgehead atoms. The Kier molecular flexibility index (Phi) is 4.22. The van der Waals surface area contributed by atoms with Gasteiger partial charge in [0.05, 0.1) is 17.2 Å². The van der Waals surface area contributed by atoms with Crippen LogP contribution >= 0.6 is 11.6 Å². The molecule has 0 saturated carbocycles. The first-order chi connectivity index (χ1) is 9.52. The summed E-state index contributed by atoms with van der Waals surface area (Å²) in [6, 6.07) is 7.60. The first kappa shape index (κ1) is 14.3. The van der Waals surface area contributed by atoms with E-state index in [1.165, 1.54) is 22.8 Å². The van der Waals surface area contributed by atoms with E-state index in [0.29, 0.717) is 5.56 Å². The number of hydrogen-bond donors (Lipinski definition) is 2. The van der Waals surface area contributed by atoms with Gasteiger partial charge < -0.3 is 14.8 Å². The highest BCUT2D eigenvalue weighted by molar-refractivity contribution is 6.33. The maximum absolute atomic E-state index is 11.6. The molecule has 20 heavy (non-hydrogen) atoms. The average Bonchev–Trinajstić information content (AvgIpc) is 2.41. The number of halogens is 1. The van der Waals surface area contributed by atoms with Crippen LogP contribution in [0.25, 0.3) is 11.1 Å². The molecule has 2 aromatic rings. The summed E-state index contributed by atoms with van der Waals surface area (Å²) in [4.78, 5) is 22.4. The number of carbonyl (C=O) groups is 1. The van der Waals surface area contributed by atoms with Crippen LogP contribution in [0.15, 0.2) is 41.3 Å². The highest BCUT2D eigenvalue weighted by atomic mass is 35.5. The van der Waals surface area contributed by atoms with Crippen molar-refractivity contribution in [2.24, 2.45) is 0 Å². The first-order valence-corrected chi connectivity index (χ1v) is 6.25. The van der Waals surface area contributed by atoms with E-state index in [9.17, 15) is 9.59 Å². The van der Waals surface area contributed by atoms with Gasteiger partial charge in [-0.25, -0.2) is 4.79 Å². The maximum atomic E-state index is 11.6. The average molecular weight is 294 g/mol. The number of aromatic carboxylic acids is 1. The number of aromatic nitrogens is 1. The minimum absolute atomic E-state index is 0.0269. The van der Waals surface area contributed by atoms with Crippen LogP contribution in [0.3, 0.4) is 0 Å². The predicted molar refractivity (Wildman–Crippen MR) is 75.2 cm³/mol. The van der Waals surface area contributed by atoms with Gasteiger partial charge in [-0.3, -0.25) is 4.79 Å². The second-order valence-corrected chi connectivity index (χ2v) is 4.58. The summed E-state index contributed by atoms with van der Waals surface area (Å²) in [7, 11) is 0. The van der Waals surface area contributed by atoms with Crippen LogP contribution in [0.1, 0.15) is 10.4 Å². The van der Waals surface area contributed by atoms with Gasteiger partial charge in [-0.05, 0) is 29.3 Å². The van der Waals surface area contributed by atoms with Crippen LogP contribution in [0.4, 0.5) is 0 Å². The summed E-state index contributed by atoms with van der Waals surface area (Å²) in [6.07, 6.45) is 1.60. The molecule has 0 saturated heterocycles. The highest BCUT2D eigenvalue weighted by Gasteiger charge is 2.10. The number of hydrogen-bond acceptors (Lipinski definition) is 3. The van der Waals surface area contributed by atoms with Gasteiger partial charge in [-0.15, -0.1) is 0 Å². The van der Waals surface area contributed by atoms with E-state index in [4.69, 9.17) is 21.8 Å². The monoisotopic (exact) mass is 293 g/mol. The van der Waals surface area contributed by atoms with Crippen molar-refractivity contribution in [3.05, 3.63) is 57.5 Å². The van der Waals surface area contributed by atoms with E-state index in [1.54, 1.807) is 18.3 Å². The Labute approximate surface area is 119 Å².